The third-order valence-corrected chi connectivity index (χ3v) is 3.17. The molecule has 0 aromatic heterocycles. The molecule has 0 bridgehead atoms. The van der Waals surface area contributed by atoms with Crippen LogP contribution >= 0.6 is 15.9 Å². The van der Waals surface area contributed by atoms with Gasteiger partial charge in [-0.2, -0.15) is 0 Å². The average molecular weight is 257 g/mol. The molecule has 0 heterocycles. The molecule has 0 saturated heterocycles. The summed E-state index contributed by atoms with van der Waals surface area (Å²) >= 11 is 3.44. The minimum Gasteiger partial charge on any atom is -0.376 e. The van der Waals surface area contributed by atoms with E-state index in [2.05, 4.69) is 21.2 Å². The van der Waals surface area contributed by atoms with E-state index in [0.717, 1.165) is 6.42 Å². The zero-order chi connectivity index (χ0) is 10.1. The van der Waals surface area contributed by atoms with E-state index in [1.807, 2.05) is 0 Å². The SMILES string of the molecule is O=[N+]([O-])c1ccccc1NC1CC1Br. The van der Waals surface area contributed by atoms with Gasteiger partial charge in [0.25, 0.3) is 5.69 Å². The van der Waals surface area contributed by atoms with Gasteiger partial charge in [0.15, 0.2) is 0 Å². The molecule has 2 unspecified atom stereocenters. The molecule has 4 nitrogen and oxygen atoms in total. The predicted octanol–water partition coefficient (Wildman–Crippen LogP) is 2.54. The number of rotatable bonds is 3. The maximum atomic E-state index is 10.7. The number of hydrogen-bond donors (Lipinski definition) is 1. The fraction of sp³-hybridized carbons (Fsp3) is 0.333. The van der Waals surface area contributed by atoms with Gasteiger partial charge in [-0.1, -0.05) is 28.1 Å². The smallest absolute Gasteiger partial charge is 0.292 e. The first-order chi connectivity index (χ1) is 6.68. The van der Waals surface area contributed by atoms with Gasteiger partial charge in [-0.25, -0.2) is 0 Å². The summed E-state index contributed by atoms with van der Waals surface area (Å²) in [7, 11) is 0. The van der Waals surface area contributed by atoms with Crippen LogP contribution in [-0.4, -0.2) is 15.8 Å². The van der Waals surface area contributed by atoms with E-state index in [-0.39, 0.29) is 10.6 Å². The largest absolute Gasteiger partial charge is 0.376 e. The van der Waals surface area contributed by atoms with Crippen LogP contribution in [0.1, 0.15) is 6.42 Å². The Bertz CT molecular complexity index is 370. The molecule has 0 radical (unpaired) electrons. The Balaban J connectivity index is 2.19. The average Bonchev–Trinajstić information content (AvgIpc) is 2.82. The number of alkyl halides is 1. The Hall–Kier alpha value is -1.10. The van der Waals surface area contributed by atoms with Crippen LogP contribution in [0.15, 0.2) is 24.3 Å². The second kappa shape index (κ2) is 3.57. The summed E-state index contributed by atoms with van der Waals surface area (Å²) in [5.41, 5.74) is 0.739. The number of nitrogens with one attached hydrogen (secondary N) is 1. The molecule has 0 amide bonds. The van der Waals surface area contributed by atoms with Gasteiger partial charge >= 0.3 is 0 Å². The molecule has 1 saturated carbocycles. The fourth-order valence-electron chi connectivity index (χ4n) is 1.27. The fourth-order valence-corrected chi connectivity index (χ4v) is 1.80. The molecule has 5 heteroatoms. The number of benzene rings is 1. The molecule has 1 aliphatic rings. The number of nitrogens with zero attached hydrogens (tertiary/aromatic N) is 1. The van der Waals surface area contributed by atoms with Crippen molar-refractivity contribution in [3.8, 4) is 0 Å². The van der Waals surface area contributed by atoms with Crippen molar-refractivity contribution in [1.82, 2.24) is 0 Å². The highest BCUT2D eigenvalue weighted by atomic mass is 79.9. The highest BCUT2D eigenvalue weighted by Crippen LogP contribution is 2.35. The van der Waals surface area contributed by atoms with Crippen LogP contribution in [-0.2, 0) is 0 Å². The molecular weight excluding hydrogens is 248 g/mol. The minimum atomic E-state index is -0.367. The normalized spacial score (nSPS) is 24.4. The number of anilines is 1. The molecular formula is C9H9BrN2O2. The van der Waals surface area contributed by atoms with E-state index in [9.17, 15) is 10.1 Å². The Morgan fingerprint density at radius 2 is 2.14 bits per heavy atom. The van der Waals surface area contributed by atoms with Gasteiger partial charge < -0.3 is 5.32 Å². The molecule has 0 aliphatic heterocycles. The number of halogens is 1. The molecule has 2 rings (SSSR count). The van der Waals surface area contributed by atoms with Crippen molar-refractivity contribution in [1.29, 1.82) is 0 Å². The van der Waals surface area contributed by atoms with Crippen molar-refractivity contribution in [2.24, 2.45) is 0 Å². The van der Waals surface area contributed by atoms with Gasteiger partial charge in [0.1, 0.15) is 5.69 Å². The summed E-state index contributed by atoms with van der Waals surface area (Å²) in [4.78, 5) is 10.7. The van der Waals surface area contributed by atoms with Crippen molar-refractivity contribution in [2.45, 2.75) is 17.3 Å². The quantitative estimate of drug-likeness (QED) is 0.514. The zero-order valence-corrected chi connectivity index (χ0v) is 8.90. The first-order valence-corrected chi connectivity index (χ1v) is 5.24. The van der Waals surface area contributed by atoms with Crippen LogP contribution in [0.4, 0.5) is 11.4 Å². The standard InChI is InChI=1S/C9H9BrN2O2/c10-6-5-8(6)11-7-3-1-2-4-9(7)12(13)14/h1-4,6,8,11H,5H2. The van der Waals surface area contributed by atoms with Crippen molar-refractivity contribution < 1.29 is 4.92 Å². The van der Waals surface area contributed by atoms with E-state index in [0.29, 0.717) is 16.6 Å². The van der Waals surface area contributed by atoms with Gasteiger partial charge in [-0.15, -0.1) is 0 Å². The van der Waals surface area contributed by atoms with Gasteiger partial charge in [0.05, 0.1) is 4.92 Å². The van der Waals surface area contributed by atoms with Crippen molar-refractivity contribution >= 4 is 27.3 Å². The van der Waals surface area contributed by atoms with E-state index in [1.165, 1.54) is 6.07 Å². The lowest BCUT2D eigenvalue weighted by Gasteiger charge is -2.04. The van der Waals surface area contributed by atoms with Crippen molar-refractivity contribution in [2.75, 3.05) is 5.32 Å². The summed E-state index contributed by atoms with van der Waals surface area (Å²) in [5, 5.41) is 13.8. The third kappa shape index (κ3) is 1.87. The summed E-state index contributed by atoms with van der Waals surface area (Å²) in [6.45, 7) is 0. The molecule has 1 aromatic carbocycles. The topological polar surface area (TPSA) is 55.2 Å². The summed E-state index contributed by atoms with van der Waals surface area (Å²) in [6.07, 6.45) is 1.02. The van der Waals surface area contributed by atoms with Crippen LogP contribution in [0.25, 0.3) is 0 Å². The zero-order valence-electron chi connectivity index (χ0n) is 7.31. The van der Waals surface area contributed by atoms with Gasteiger partial charge in [-0.05, 0) is 12.5 Å². The Labute approximate surface area is 89.6 Å². The second-order valence-electron chi connectivity index (χ2n) is 3.28. The van der Waals surface area contributed by atoms with Gasteiger partial charge in [0.2, 0.25) is 0 Å². The van der Waals surface area contributed by atoms with Crippen LogP contribution < -0.4 is 5.32 Å². The molecule has 0 spiro atoms. The Kier molecular flexibility index (Phi) is 2.41. The third-order valence-electron chi connectivity index (χ3n) is 2.15. The molecule has 2 atom stereocenters. The van der Waals surface area contributed by atoms with Gasteiger partial charge in [-0.3, -0.25) is 10.1 Å². The molecule has 1 fully saturated rings. The molecule has 1 aliphatic carbocycles. The molecule has 1 N–H and O–H groups in total. The Morgan fingerprint density at radius 3 is 2.71 bits per heavy atom. The van der Waals surface area contributed by atoms with Crippen LogP contribution in [0.2, 0.25) is 0 Å². The van der Waals surface area contributed by atoms with E-state index < -0.39 is 0 Å². The van der Waals surface area contributed by atoms with Crippen molar-refractivity contribution in [3.05, 3.63) is 34.4 Å². The number of hydrogen-bond acceptors (Lipinski definition) is 3. The monoisotopic (exact) mass is 256 g/mol. The summed E-state index contributed by atoms with van der Waals surface area (Å²) in [5.74, 6) is 0. The highest BCUT2D eigenvalue weighted by molar-refractivity contribution is 9.09. The van der Waals surface area contributed by atoms with Gasteiger partial charge in [0, 0.05) is 16.9 Å². The molecule has 14 heavy (non-hydrogen) atoms. The minimum absolute atomic E-state index is 0.138. The number of nitro groups is 1. The lowest BCUT2D eigenvalue weighted by Crippen LogP contribution is -2.06. The number of para-hydroxylation sites is 2. The van der Waals surface area contributed by atoms with Crippen molar-refractivity contribution in [3.63, 3.8) is 0 Å². The predicted molar refractivity (Wildman–Crippen MR) is 57.8 cm³/mol. The first kappa shape index (κ1) is 9.45. The van der Waals surface area contributed by atoms with Crippen LogP contribution in [0.3, 0.4) is 0 Å². The maximum absolute atomic E-state index is 10.7. The van der Waals surface area contributed by atoms with Crippen LogP contribution in [0.5, 0.6) is 0 Å². The van der Waals surface area contributed by atoms with Crippen LogP contribution in [0, 0.1) is 10.1 Å². The van der Waals surface area contributed by atoms with E-state index >= 15 is 0 Å². The second-order valence-corrected chi connectivity index (χ2v) is 4.45. The molecule has 74 valence electrons. The lowest BCUT2D eigenvalue weighted by atomic mass is 10.2. The van der Waals surface area contributed by atoms with E-state index in [4.69, 9.17) is 0 Å². The lowest BCUT2D eigenvalue weighted by molar-refractivity contribution is -0.384. The summed E-state index contributed by atoms with van der Waals surface area (Å²) in [6, 6.07) is 7.03. The maximum Gasteiger partial charge on any atom is 0.292 e. The Morgan fingerprint density at radius 1 is 1.50 bits per heavy atom. The molecule has 1 aromatic rings. The number of nitro benzene ring substituents is 1. The highest BCUT2D eigenvalue weighted by Gasteiger charge is 2.35. The summed E-state index contributed by atoms with van der Waals surface area (Å²) < 4.78 is 0. The van der Waals surface area contributed by atoms with E-state index in [1.54, 1.807) is 18.2 Å². The first-order valence-electron chi connectivity index (χ1n) is 4.32.